The molecule has 232 valence electrons. The van der Waals surface area contributed by atoms with Crippen molar-refractivity contribution in [2.45, 2.75) is 38.3 Å². The Morgan fingerprint density at radius 1 is 1.02 bits per heavy atom. The maximum absolute atomic E-state index is 15.5. The summed E-state index contributed by atoms with van der Waals surface area (Å²) in [6, 6.07) is 10.5. The van der Waals surface area contributed by atoms with E-state index >= 15 is 4.39 Å². The lowest BCUT2D eigenvalue weighted by Gasteiger charge is -2.36. The van der Waals surface area contributed by atoms with Crippen molar-refractivity contribution in [2.24, 2.45) is 0 Å². The number of methoxy groups -OCH3 is 1. The minimum absolute atomic E-state index is 0.0111. The largest absolute Gasteiger partial charge is 0.480 e. The lowest BCUT2D eigenvalue weighted by molar-refractivity contribution is 0.104. The Bertz CT molecular complexity index is 1510. The van der Waals surface area contributed by atoms with Crippen LogP contribution in [0, 0.1) is 5.82 Å². The highest BCUT2D eigenvalue weighted by Gasteiger charge is 2.30. The van der Waals surface area contributed by atoms with Crippen LogP contribution < -0.4 is 13.9 Å². The van der Waals surface area contributed by atoms with Crippen LogP contribution >= 0.6 is 0 Å². The summed E-state index contributed by atoms with van der Waals surface area (Å²) in [5, 5.41) is 0. The Hall–Kier alpha value is -3.32. The number of aromatic nitrogens is 2. The van der Waals surface area contributed by atoms with Gasteiger partial charge in [0.25, 0.3) is 10.0 Å². The van der Waals surface area contributed by atoms with Crippen molar-refractivity contribution in [3.05, 3.63) is 60.2 Å². The zero-order valence-corrected chi connectivity index (χ0v) is 26.2. The summed E-state index contributed by atoms with van der Waals surface area (Å²) in [5.41, 5.74) is 2.62. The van der Waals surface area contributed by atoms with Crippen LogP contribution in [0.5, 0.6) is 5.88 Å². The normalized spacial score (nSPS) is 16.9. The Labute approximate surface area is 254 Å². The maximum atomic E-state index is 15.5. The first-order chi connectivity index (χ1) is 20.7. The van der Waals surface area contributed by atoms with Crippen molar-refractivity contribution < 1.29 is 22.3 Å². The molecule has 5 rings (SSSR count). The first-order valence-electron chi connectivity index (χ1n) is 14.8. The van der Waals surface area contributed by atoms with Crippen LogP contribution in [0.25, 0.3) is 11.3 Å². The second kappa shape index (κ2) is 13.5. The minimum atomic E-state index is -4.09. The summed E-state index contributed by atoms with van der Waals surface area (Å²) in [6.07, 6.45) is 3.12. The van der Waals surface area contributed by atoms with Crippen molar-refractivity contribution in [3.63, 3.8) is 0 Å². The quantitative estimate of drug-likeness (QED) is 0.339. The molecule has 2 aliphatic rings. The third-order valence-corrected chi connectivity index (χ3v) is 10.0. The molecule has 2 aromatic heterocycles. The minimum Gasteiger partial charge on any atom is -0.480 e. The second-order valence-corrected chi connectivity index (χ2v) is 12.9. The Morgan fingerprint density at radius 3 is 2.42 bits per heavy atom. The van der Waals surface area contributed by atoms with Crippen molar-refractivity contribution in [3.8, 4) is 17.1 Å². The van der Waals surface area contributed by atoms with E-state index in [0.717, 1.165) is 31.7 Å². The molecule has 10 nitrogen and oxygen atoms in total. The summed E-state index contributed by atoms with van der Waals surface area (Å²) in [7, 11) is -2.69. The number of morpholine rings is 1. The SMILES string of the molecule is CCN(c1ccnc(-c2ccc(CN3CCN(C(C)C)CC3)cc2F)c1)S(=O)(=O)c1cc(N2CCOCC2)cnc1OC. The molecule has 0 saturated carbocycles. The summed E-state index contributed by atoms with van der Waals surface area (Å²) >= 11 is 0. The number of anilines is 2. The Kier molecular flexibility index (Phi) is 9.80. The molecule has 0 aliphatic carbocycles. The number of pyridine rings is 2. The zero-order valence-electron chi connectivity index (χ0n) is 25.4. The number of nitrogens with zero attached hydrogens (tertiary/aromatic N) is 6. The highest BCUT2D eigenvalue weighted by Crippen LogP contribution is 2.33. The first kappa shape index (κ1) is 31.1. The second-order valence-electron chi connectivity index (χ2n) is 11.1. The van der Waals surface area contributed by atoms with Gasteiger partial charge in [-0.15, -0.1) is 0 Å². The van der Waals surface area contributed by atoms with E-state index in [2.05, 4.69) is 33.6 Å². The van der Waals surface area contributed by atoms with E-state index in [9.17, 15) is 8.42 Å². The average molecular weight is 613 g/mol. The third-order valence-electron chi connectivity index (χ3n) is 8.11. The van der Waals surface area contributed by atoms with E-state index in [4.69, 9.17) is 9.47 Å². The van der Waals surface area contributed by atoms with Gasteiger partial charge in [-0.1, -0.05) is 6.07 Å². The summed E-state index contributed by atoms with van der Waals surface area (Å²) in [6.45, 7) is 13.3. The van der Waals surface area contributed by atoms with Gasteiger partial charge in [-0.3, -0.25) is 19.1 Å². The van der Waals surface area contributed by atoms with Gasteiger partial charge < -0.3 is 14.4 Å². The average Bonchev–Trinajstić information content (AvgIpc) is 3.02. The van der Waals surface area contributed by atoms with Crippen LogP contribution in [-0.2, 0) is 21.3 Å². The fraction of sp³-hybridized carbons (Fsp3) is 0.484. The number of hydrogen-bond acceptors (Lipinski definition) is 9. The highest BCUT2D eigenvalue weighted by molar-refractivity contribution is 7.93. The molecule has 0 unspecified atom stereocenters. The van der Waals surface area contributed by atoms with Crippen LogP contribution in [0.2, 0.25) is 0 Å². The molecule has 12 heteroatoms. The van der Waals surface area contributed by atoms with Crippen LogP contribution in [0.3, 0.4) is 0 Å². The molecule has 0 radical (unpaired) electrons. The summed E-state index contributed by atoms with van der Waals surface area (Å²) in [5.74, 6) is -0.380. The molecular formula is C31H41FN6O4S. The van der Waals surface area contributed by atoms with E-state index in [1.54, 1.807) is 43.5 Å². The van der Waals surface area contributed by atoms with Crippen LogP contribution in [0.4, 0.5) is 15.8 Å². The fourth-order valence-electron chi connectivity index (χ4n) is 5.65. The molecule has 0 spiro atoms. The van der Waals surface area contributed by atoms with E-state index in [1.165, 1.54) is 17.6 Å². The van der Waals surface area contributed by atoms with E-state index in [-0.39, 0.29) is 17.3 Å². The molecule has 0 bridgehead atoms. The van der Waals surface area contributed by atoms with Gasteiger partial charge >= 0.3 is 0 Å². The zero-order chi connectivity index (χ0) is 30.6. The molecular weight excluding hydrogens is 571 g/mol. The molecule has 2 saturated heterocycles. The topological polar surface area (TPSA) is 91.3 Å². The number of ether oxygens (including phenoxy) is 2. The Morgan fingerprint density at radius 2 is 1.77 bits per heavy atom. The molecule has 4 heterocycles. The number of benzene rings is 1. The number of rotatable bonds is 10. The number of piperazine rings is 1. The molecule has 0 atom stereocenters. The van der Waals surface area contributed by atoms with Crippen LogP contribution in [-0.4, -0.2) is 100 Å². The van der Waals surface area contributed by atoms with Gasteiger partial charge in [0, 0.05) is 70.2 Å². The van der Waals surface area contributed by atoms with Crippen molar-refractivity contribution >= 4 is 21.4 Å². The molecule has 2 fully saturated rings. The first-order valence-corrected chi connectivity index (χ1v) is 16.3. The Balaban J connectivity index is 1.38. The maximum Gasteiger partial charge on any atom is 0.269 e. The van der Waals surface area contributed by atoms with Gasteiger partial charge in [0.05, 0.1) is 43.6 Å². The van der Waals surface area contributed by atoms with Gasteiger partial charge in [-0.25, -0.2) is 17.8 Å². The van der Waals surface area contributed by atoms with E-state index in [0.29, 0.717) is 61.5 Å². The van der Waals surface area contributed by atoms with Crippen LogP contribution in [0.15, 0.2) is 53.7 Å². The molecule has 2 aliphatic heterocycles. The standard InChI is InChI=1S/C31H41FN6O4S/c1-5-38(43(39,40)30-20-26(21-34-31(30)41-4)37-14-16-42-17-15-37)25-8-9-33-29(19-25)27-7-6-24(18-28(27)32)22-35-10-12-36(13-11-35)23(2)3/h6-9,18-21,23H,5,10-17,22H2,1-4H3. The summed E-state index contributed by atoms with van der Waals surface area (Å²) < 4.78 is 55.6. The highest BCUT2D eigenvalue weighted by atomic mass is 32.2. The van der Waals surface area contributed by atoms with Gasteiger partial charge in [0.1, 0.15) is 5.82 Å². The molecule has 43 heavy (non-hydrogen) atoms. The van der Waals surface area contributed by atoms with E-state index < -0.39 is 15.8 Å². The predicted molar refractivity (Wildman–Crippen MR) is 166 cm³/mol. The van der Waals surface area contributed by atoms with Crippen molar-refractivity contribution in [1.29, 1.82) is 0 Å². The van der Waals surface area contributed by atoms with E-state index in [1.807, 2.05) is 11.0 Å². The van der Waals surface area contributed by atoms with Crippen molar-refractivity contribution in [2.75, 3.05) is 75.3 Å². The number of sulfonamides is 1. The van der Waals surface area contributed by atoms with Gasteiger partial charge in [-0.2, -0.15) is 0 Å². The van der Waals surface area contributed by atoms with Crippen LogP contribution in [0.1, 0.15) is 26.3 Å². The van der Waals surface area contributed by atoms with Gasteiger partial charge in [0.15, 0.2) is 4.90 Å². The lowest BCUT2D eigenvalue weighted by atomic mass is 10.1. The molecule has 0 amide bonds. The van der Waals surface area contributed by atoms with Crippen molar-refractivity contribution in [1.82, 2.24) is 19.8 Å². The third kappa shape index (κ3) is 6.93. The fourth-order valence-corrected chi connectivity index (χ4v) is 7.24. The van der Waals surface area contributed by atoms with Gasteiger partial charge in [0.2, 0.25) is 5.88 Å². The predicted octanol–water partition coefficient (Wildman–Crippen LogP) is 3.87. The number of halogens is 1. The molecule has 0 N–H and O–H groups in total. The summed E-state index contributed by atoms with van der Waals surface area (Å²) in [4.78, 5) is 15.5. The molecule has 3 aromatic rings. The number of hydrogen-bond donors (Lipinski definition) is 0. The monoisotopic (exact) mass is 612 g/mol. The lowest BCUT2D eigenvalue weighted by Crippen LogP contribution is -2.48. The molecule has 1 aromatic carbocycles. The smallest absolute Gasteiger partial charge is 0.269 e. The van der Waals surface area contributed by atoms with Gasteiger partial charge in [-0.05, 0) is 56.7 Å².